The van der Waals surface area contributed by atoms with E-state index >= 15 is 0 Å². The number of hydrogen-bond acceptors (Lipinski definition) is 2. The van der Waals surface area contributed by atoms with Crippen molar-refractivity contribution in [2.75, 3.05) is 19.7 Å². The van der Waals surface area contributed by atoms with Gasteiger partial charge in [-0.3, -0.25) is 4.79 Å². The summed E-state index contributed by atoms with van der Waals surface area (Å²) in [5, 5.41) is 9.24. The summed E-state index contributed by atoms with van der Waals surface area (Å²) in [7, 11) is 0. The molecule has 1 aliphatic carbocycles. The van der Waals surface area contributed by atoms with Crippen LogP contribution in [-0.4, -0.2) is 35.6 Å². The zero-order valence-corrected chi connectivity index (χ0v) is 12.8. The van der Waals surface area contributed by atoms with Gasteiger partial charge in [0.2, 0.25) is 5.91 Å². The number of likely N-dealkylation sites (tertiary alicyclic amines) is 1. The Hall–Kier alpha value is -1.35. The second-order valence-corrected chi connectivity index (χ2v) is 6.72. The first-order chi connectivity index (χ1) is 10.2. The number of amides is 1. The number of nitrogens with zero attached hydrogens (tertiary/aromatic N) is 1. The van der Waals surface area contributed by atoms with Crippen LogP contribution in [0.4, 0.5) is 0 Å². The minimum Gasteiger partial charge on any atom is -0.396 e. The molecule has 2 fully saturated rings. The Morgan fingerprint density at radius 3 is 2.57 bits per heavy atom. The van der Waals surface area contributed by atoms with Gasteiger partial charge in [0, 0.05) is 19.7 Å². The predicted octanol–water partition coefficient (Wildman–Crippen LogP) is 2.65. The molecule has 3 rings (SSSR count). The summed E-state index contributed by atoms with van der Waals surface area (Å²) in [6.45, 7) is 3.95. The maximum Gasteiger partial charge on any atom is 0.233 e. The van der Waals surface area contributed by atoms with Crippen LogP contribution in [0.1, 0.15) is 43.2 Å². The molecule has 1 aromatic rings. The molecular formula is C18H25NO2. The van der Waals surface area contributed by atoms with Gasteiger partial charge in [-0.15, -0.1) is 0 Å². The van der Waals surface area contributed by atoms with Crippen molar-refractivity contribution in [1.82, 2.24) is 4.90 Å². The van der Waals surface area contributed by atoms with Crippen LogP contribution >= 0.6 is 0 Å². The Kier molecular flexibility index (Phi) is 4.03. The van der Waals surface area contributed by atoms with E-state index in [0.717, 1.165) is 45.2 Å². The average Bonchev–Trinajstić information content (AvgIpc) is 2.46. The zero-order valence-electron chi connectivity index (χ0n) is 12.8. The van der Waals surface area contributed by atoms with Crippen LogP contribution in [0.3, 0.4) is 0 Å². The van der Waals surface area contributed by atoms with Gasteiger partial charge in [0.15, 0.2) is 0 Å². The molecular weight excluding hydrogens is 262 g/mol. The number of aliphatic hydroxyl groups excluding tert-OH is 1. The fourth-order valence-electron chi connectivity index (χ4n) is 3.72. The average molecular weight is 287 g/mol. The van der Waals surface area contributed by atoms with E-state index in [1.54, 1.807) is 0 Å². The molecule has 1 saturated heterocycles. The summed E-state index contributed by atoms with van der Waals surface area (Å²) < 4.78 is 0. The highest BCUT2D eigenvalue weighted by Crippen LogP contribution is 2.45. The Bertz CT molecular complexity index is 514. The first kappa shape index (κ1) is 14.6. The van der Waals surface area contributed by atoms with Crippen LogP contribution in [-0.2, 0) is 10.2 Å². The molecule has 1 N–H and O–H groups in total. The van der Waals surface area contributed by atoms with Crippen LogP contribution in [0.25, 0.3) is 0 Å². The van der Waals surface area contributed by atoms with Gasteiger partial charge < -0.3 is 10.0 Å². The molecule has 1 amide bonds. The number of aliphatic hydroxyl groups is 1. The highest BCUT2D eigenvalue weighted by Gasteiger charge is 2.47. The summed E-state index contributed by atoms with van der Waals surface area (Å²) in [5.41, 5.74) is 2.16. The third-order valence-electron chi connectivity index (χ3n) is 5.35. The van der Waals surface area contributed by atoms with E-state index in [9.17, 15) is 9.90 Å². The number of hydrogen-bond donors (Lipinski definition) is 1. The molecule has 0 aromatic heterocycles. The molecule has 2 aliphatic rings. The molecule has 0 unspecified atom stereocenters. The number of aryl methyl sites for hydroxylation is 1. The molecule has 0 atom stereocenters. The van der Waals surface area contributed by atoms with E-state index in [0.29, 0.717) is 11.8 Å². The van der Waals surface area contributed by atoms with Gasteiger partial charge in [-0.2, -0.15) is 0 Å². The topological polar surface area (TPSA) is 40.5 Å². The molecule has 0 bridgehead atoms. The Balaban J connectivity index is 1.78. The van der Waals surface area contributed by atoms with Crippen molar-refractivity contribution in [3.63, 3.8) is 0 Å². The van der Waals surface area contributed by atoms with Crippen molar-refractivity contribution < 1.29 is 9.90 Å². The molecule has 1 aromatic carbocycles. The van der Waals surface area contributed by atoms with Gasteiger partial charge >= 0.3 is 0 Å². The maximum atomic E-state index is 13.1. The Labute approximate surface area is 127 Å². The number of rotatable bonds is 3. The first-order valence-electron chi connectivity index (χ1n) is 8.13. The fraction of sp³-hybridized carbons (Fsp3) is 0.611. The van der Waals surface area contributed by atoms with Gasteiger partial charge in [0.1, 0.15) is 0 Å². The molecule has 21 heavy (non-hydrogen) atoms. The molecule has 3 heteroatoms. The lowest BCUT2D eigenvalue weighted by Crippen LogP contribution is -2.53. The molecule has 0 radical (unpaired) electrons. The lowest BCUT2D eigenvalue weighted by atomic mass is 9.63. The van der Waals surface area contributed by atoms with E-state index in [4.69, 9.17) is 0 Å². The molecule has 1 heterocycles. The van der Waals surface area contributed by atoms with Crippen molar-refractivity contribution in [3.8, 4) is 0 Å². The third kappa shape index (κ3) is 2.59. The van der Waals surface area contributed by atoms with Gasteiger partial charge in [0.25, 0.3) is 0 Å². The second-order valence-electron chi connectivity index (χ2n) is 6.72. The predicted molar refractivity (Wildman–Crippen MR) is 83.1 cm³/mol. The van der Waals surface area contributed by atoms with Crippen molar-refractivity contribution >= 4 is 5.91 Å². The maximum absolute atomic E-state index is 13.1. The minimum atomic E-state index is -0.266. The lowest BCUT2D eigenvalue weighted by Gasteiger charge is -2.45. The fourth-order valence-corrected chi connectivity index (χ4v) is 3.72. The summed E-state index contributed by atoms with van der Waals surface area (Å²) in [6.07, 6.45) is 4.98. The highest BCUT2D eigenvalue weighted by atomic mass is 16.3. The normalized spacial score (nSPS) is 21.9. The monoisotopic (exact) mass is 287 g/mol. The number of carbonyl (C=O) groups excluding carboxylic acids is 1. The van der Waals surface area contributed by atoms with Gasteiger partial charge in [-0.05, 0) is 44.1 Å². The van der Waals surface area contributed by atoms with E-state index in [1.807, 2.05) is 4.90 Å². The summed E-state index contributed by atoms with van der Waals surface area (Å²) >= 11 is 0. The smallest absolute Gasteiger partial charge is 0.233 e. The molecule has 1 aliphatic heterocycles. The summed E-state index contributed by atoms with van der Waals surface area (Å²) in [6, 6.07) is 8.45. The molecule has 3 nitrogen and oxygen atoms in total. The largest absolute Gasteiger partial charge is 0.396 e. The standard InChI is InChI=1S/C18H25NO2/c1-14-4-2-5-16(12-14)18(8-3-9-18)17(21)19-10-6-15(13-20)7-11-19/h2,4-5,12,15,20H,3,6-11,13H2,1H3. The molecule has 0 spiro atoms. The SMILES string of the molecule is Cc1cccc(C2(C(=O)N3CCC(CO)CC3)CCC2)c1. The highest BCUT2D eigenvalue weighted by molar-refractivity contribution is 5.89. The van der Waals surface area contributed by atoms with E-state index < -0.39 is 0 Å². The number of carbonyl (C=O) groups is 1. The molecule has 114 valence electrons. The second kappa shape index (κ2) is 5.80. The van der Waals surface area contributed by atoms with Gasteiger partial charge in [-0.25, -0.2) is 0 Å². The van der Waals surface area contributed by atoms with Crippen molar-refractivity contribution in [1.29, 1.82) is 0 Å². The Morgan fingerprint density at radius 2 is 2.05 bits per heavy atom. The van der Waals surface area contributed by atoms with Crippen LogP contribution in [0.2, 0.25) is 0 Å². The van der Waals surface area contributed by atoms with Gasteiger partial charge in [-0.1, -0.05) is 36.2 Å². The van der Waals surface area contributed by atoms with Crippen molar-refractivity contribution in [2.24, 2.45) is 5.92 Å². The number of benzene rings is 1. The van der Waals surface area contributed by atoms with Crippen LogP contribution in [0.15, 0.2) is 24.3 Å². The quantitative estimate of drug-likeness (QED) is 0.928. The van der Waals surface area contributed by atoms with E-state index in [-0.39, 0.29) is 12.0 Å². The summed E-state index contributed by atoms with van der Waals surface area (Å²) in [5.74, 6) is 0.695. The third-order valence-corrected chi connectivity index (χ3v) is 5.35. The van der Waals surface area contributed by atoms with Crippen molar-refractivity contribution in [2.45, 2.75) is 44.4 Å². The first-order valence-corrected chi connectivity index (χ1v) is 8.13. The minimum absolute atomic E-state index is 0.255. The van der Waals surface area contributed by atoms with Crippen LogP contribution in [0, 0.1) is 12.8 Å². The lowest BCUT2D eigenvalue weighted by molar-refractivity contribution is -0.142. The molecule has 1 saturated carbocycles. The zero-order chi connectivity index (χ0) is 14.9. The summed E-state index contributed by atoms with van der Waals surface area (Å²) in [4.78, 5) is 15.1. The number of piperidine rings is 1. The van der Waals surface area contributed by atoms with Crippen LogP contribution < -0.4 is 0 Å². The van der Waals surface area contributed by atoms with E-state index in [1.165, 1.54) is 11.1 Å². The van der Waals surface area contributed by atoms with E-state index in [2.05, 4.69) is 31.2 Å². The van der Waals surface area contributed by atoms with Crippen LogP contribution in [0.5, 0.6) is 0 Å². The Morgan fingerprint density at radius 1 is 1.33 bits per heavy atom. The van der Waals surface area contributed by atoms with Gasteiger partial charge in [0.05, 0.1) is 5.41 Å². The van der Waals surface area contributed by atoms with Crippen molar-refractivity contribution in [3.05, 3.63) is 35.4 Å².